The number of nitrogens with one attached hydrogen (secondary N) is 1. The van der Waals surface area contributed by atoms with Crippen LogP contribution < -0.4 is 9.62 Å². The fraction of sp³-hybridized carbons (Fsp3) is 0.375. The Morgan fingerprint density at radius 1 is 0.951 bits per heavy atom. The number of carbonyl (C=O) groups excluding carboxylic acids is 2. The van der Waals surface area contributed by atoms with Gasteiger partial charge in [0.2, 0.25) is 21.8 Å². The molecule has 1 N–H and O–H groups in total. The lowest BCUT2D eigenvalue weighted by Gasteiger charge is -2.32. The average Bonchev–Trinajstić information content (AvgIpc) is 2.93. The Bertz CT molecular complexity index is 1430. The summed E-state index contributed by atoms with van der Waals surface area (Å²) in [5.74, 6) is -0.417. The Morgan fingerprint density at radius 2 is 1.66 bits per heavy atom. The summed E-state index contributed by atoms with van der Waals surface area (Å²) in [7, 11) is -3.62. The molecule has 41 heavy (non-hydrogen) atoms. The molecule has 3 aromatic carbocycles. The van der Waals surface area contributed by atoms with Crippen LogP contribution in [0.1, 0.15) is 48.4 Å². The molecule has 1 atom stereocenters. The molecule has 0 saturated heterocycles. The highest BCUT2D eigenvalue weighted by molar-refractivity contribution is 7.92. The zero-order chi connectivity index (χ0) is 30.0. The van der Waals surface area contributed by atoms with Crippen LogP contribution in [0, 0.1) is 13.8 Å². The molecule has 2 amide bonds. The maximum absolute atomic E-state index is 13.9. The van der Waals surface area contributed by atoms with Gasteiger partial charge in [0.1, 0.15) is 6.04 Å². The predicted octanol–water partition coefficient (Wildman–Crippen LogP) is 5.67. The second kappa shape index (κ2) is 15.0. The van der Waals surface area contributed by atoms with Crippen molar-refractivity contribution >= 4 is 39.1 Å². The molecule has 3 aromatic rings. The summed E-state index contributed by atoms with van der Waals surface area (Å²) in [5, 5.41) is 3.41. The van der Waals surface area contributed by atoms with Crippen LogP contribution in [0.15, 0.2) is 72.8 Å². The van der Waals surface area contributed by atoms with Crippen LogP contribution in [0.3, 0.4) is 0 Å². The first-order valence-electron chi connectivity index (χ1n) is 13.9. The Kier molecular flexibility index (Phi) is 11.8. The zero-order valence-electron chi connectivity index (χ0n) is 24.3. The lowest BCUT2D eigenvalue weighted by molar-refractivity contribution is -0.141. The summed E-state index contributed by atoms with van der Waals surface area (Å²) >= 11 is 6.17. The van der Waals surface area contributed by atoms with Crippen LogP contribution in [0.2, 0.25) is 5.02 Å². The van der Waals surface area contributed by atoms with Gasteiger partial charge in [-0.1, -0.05) is 84.8 Å². The van der Waals surface area contributed by atoms with Crippen LogP contribution in [0.25, 0.3) is 0 Å². The van der Waals surface area contributed by atoms with Gasteiger partial charge in [-0.15, -0.1) is 0 Å². The molecule has 9 heteroatoms. The number of rotatable bonds is 14. The monoisotopic (exact) mass is 597 g/mol. The second-order valence-electron chi connectivity index (χ2n) is 10.4. The summed E-state index contributed by atoms with van der Waals surface area (Å²) in [6.45, 7) is 6.68. The SMILES string of the molecule is CCCNC(=O)C(Cc1ccccc1)N(Cc1cccc(C)c1)C(=O)CCCN(c1cc(Cl)ccc1C)S(C)(=O)=O. The van der Waals surface area contributed by atoms with Gasteiger partial charge in [-0.05, 0) is 55.5 Å². The molecule has 0 aliphatic rings. The standard InChI is InChI=1S/C32H40ClN3O4S/c1-5-18-34-32(38)30(21-26-12-7-6-8-13-26)35(23-27-14-9-11-24(2)20-27)31(37)15-10-19-36(41(4,39)40)29-22-28(33)17-16-25(29)3/h6-9,11-14,16-17,20,22,30H,5,10,15,18-19,21,23H2,1-4H3,(H,34,38). The Balaban J connectivity index is 1.89. The molecule has 0 spiro atoms. The topological polar surface area (TPSA) is 86.8 Å². The van der Waals surface area contributed by atoms with E-state index in [0.717, 1.165) is 34.9 Å². The normalized spacial score (nSPS) is 12.0. The summed E-state index contributed by atoms with van der Waals surface area (Å²) in [6, 6.07) is 21.9. The van der Waals surface area contributed by atoms with Crippen molar-refractivity contribution in [2.75, 3.05) is 23.7 Å². The maximum Gasteiger partial charge on any atom is 0.243 e. The van der Waals surface area contributed by atoms with Crippen LogP contribution in [0.4, 0.5) is 5.69 Å². The van der Waals surface area contributed by atoms with E-state index in [9.17, 15) is 18.0 Å². The van der Waals surface area contributed by atoms with E-state index in [1.165, 1.54) is 4.31 Å². The quantitative estimate of drug-likeness (QED) is 0.259. The molecule has 0 heterocycles. The summed E-state index contributed by atoms with van der Waals surface area (Å²) in [6.07, 6.45) is 2.64. The van der Waals surface area contributed by atoms with E-state index in [4.69, 9.17) is 11.6 Å². The molecule has 1 unspecified atom stereocenters. The molecule has 7 nitrogen and oxygen atoms in total. The second-order valence-corrected chi connectivity index (χ2v) is 12.7. The lowest BCUT2D eigenvalue weighted by atomic mass is 10.0. The van der Waals surface area contributed by atoms with Gasteiger partial charge in [0.25, 0.3) is 0 Å². The molecule has 220 valence electrons. The third-order valence-electron chi connectivity index (χ3n) is 6.85. The number of anilines is 1. The summed E-state index contributed by atoms with van der Waals surface area (Å²) in [5.41, 5.74) is 4.19. The van der Waals surface area contributed by atoms with Crippen molar-refractivity contribution in [3.8, 4) is 0 Å². The van der Waals surface area contributed by atoms with Gasteiger partial charge in [-0.3, -0.25) is 13.9 Å². The largest absolute Gasteiger partial charge is 0.354 e. The van der Waals surface area contributed by atoms with E-state index < -0.39 is 16.1 Å². The molecule has 0 aliphatic carbocycles. The van der Waals surface area contributed by atoms with E-state index in [0.29, 0.717) is 23.7 Å². The molecular formula is C32H40ClN3O4S. The molecule has 0 radical (unpaired) electrons. The van der Waals surface area contributed by atoms with Crippen molar-refractivity contribution < 1.29 is 18.0 Å². The summed E-state index contributed by atoms with van der Waals surface area (Å²) in [4.78, 5) is 29.0. The van der Waals surface area contributed by atoms with Gasteiger partial charge in [-0.25, -0.2) is 8.42 Å². The van der Waals surface area contributed by atoms with E-state index in [-0.39, 0.29) is 37.7 Å². The first-order chi connectivity index (χ1) is 19.5. The van der Waals surface area contributed by atoms with Gasteiger partial charge in [-0.2, -0.15) is 0 Å². The molecule has 0 aromatic heterocycles. The van der Waals surface area contributed by atoms with Gasteiger partial charge in [0, 0.05) is 37.5 Å². The highest BCUT2D eigenvalue weighted by Gasteiger charge is 2.30. The minimum absolute atomic E-state index is 0.0732. The predicted molar refractivity (Wildman–Crippen MR) is 167 cm³/mol. The maximum atomic E-state index is 13.9. The first-order valence-corrected chi connectivity index (χ1v) is 16.1. The van der Waals surface area contributed by atoms with Crippen molar-refractivity contribution in [3.63, 3.8) is 0 Å². The molecule has 3 rings (SSSR count). The number of hydrogen-bond acceptors (Lipinski definition) is 4. The van der Waals surface area contributed by atoms with E-state index in [1.807, 2.05) is 75.4 Å². The van der Waals surface area contributed by atoms with E-state index in [1.54, 1.807) is 23.1 Å². The van der Waals surface area contributed by atoms with Crippen molar-refractivity contribution in [2.24, 2.45) is 0 Å². The minimum Gasteiger partial charge on any atom is -0.354 e. The lowest BCUT2D eigenvalue weighted by Crippen LogP contribution is -2.50. The number of carbonyl (C=O) groups is 2. The molecule has 0 fully saturated rings. The number of aryl methyl sites for hydroxylation is 2. The van der Waals surface area contributed by atoms with Crippen LogP contribution >= 0.6 is 11.6 Å². The van der Waals surface area contributed by atoms with Gasteiger partial charge >= 0.3 is 0 Å². The van der Waals surface area contributed by atoms with Gasteiger partial charge < -0.3 is 10.2 Å². The van der Waals surface area contributed by atoms with Crippen molar-refractivity contribution in [1.29, 1.82) is 0 Å². The van der Waals surface area contributed by atoms with Crippen molar-refractivity contribution in [3.05, 3.63) is 100 Å². The fourth-order valence-electron chi connectivity index (χ4n) is 4.76. The summed E-state index contributed by atoms with van der Waals surface area (Å²) < 4.78 is 26.7. The fourth-order valence-corrected chi connectivity index (χ4v) is 5.94. The number of sulfonamides is 1. The highest BCUT2D eigenvalue weighted by atomic mass is 35.5. The number of halogens is 1. The van der Waals surface area contributed by atoms with E-state index >= 15 is 0 Å². The van der Waals surface area contributed by atoms with E-state index in [2.05, 4.69) is 5.32 Å². The third kappa shape index (κ3) is 9.61. The Hall–Kier alpha value is -3.36. The molecule has 0 bridgehead atoms. The van der Waals surface area contributed by atoms with Gasteiger partial charge in [0.05, 0.1) is 11.9 Å². The smallest absolute Gasteiger partial charge is 0.243 e. The van der Waals surface area contributed by atoms with Crippen LogP contribution in [0.5, 0.6) is 0 Å². The van der Waals surface area contributed by atoms with Gasteiger partial charge in [0.15, 0.2) is 0 Å². The molecular weight excluding hydrogens is 558 g/mol. The number of amides is 2. The van der Waals surface area contributed by atoms with Crippen molar-refractivity contribution in [2.45, 2.75) is 59.0 Å². The zero-order valence-corrected chi connectivity index (χ0v) is 25.8. The number of benzene rings is 3. The molecule has 0 aliphatic heterocycles. The first kappa shape index (κ1) is 32.2. The average molecular weight is 598 g/mol. The van der Waals surface area contributed by atoms with Crippen molar-refractivity contribution in [1.82, 2.24) is 10.2 Å². The van der Waals surface area contributed by atoms with Crippen LogP contribution in [-0.2, 0) is 32.6 Å². The molecule has 0 saturated carbocycles. The minimum atomic E-state index is -3.62. The highest BCUT2D eigenvalue weighted by Crippen LogP contribution is 2.27. The Morgan fingerprint density at radius 3 is 2.32 bits per heavy atom. The number of nitrogens with zero attached hydrogens (tertiary/aromatic N) is 2. The van der Waals surface area contributed by atoms with Crippen LogP contribution in [-0.4, -0.2) is 50.5 Å². The third-order valence-corrected chi connectivity index (χ3v) is 8.26. The Labute approximate surface area is 249 Å². The number of hydrogen-bond donors (Lipinski definition) is 1.